The highest BCUT2D eigenvalue weighted by Crippen LogP contribution is 2.15. The fraction of sp³-hybridized carbons (Fsp3) is 0.500. The standard InChI is InChI=1S/C6H8N2S.2ClH/c1-2-7-3-6-5(1)8-4-9-6;;/h4,7H,1-3H2;2*1H. The van der Waals surface area contributed by atoms with E-state index in [0.717, 1.165) is 19.5 Å². The number of thiazole rings is 1. The molecule has 0 radical (unpaired) electrons. The van der Waals surface area contributed by atoms with Gasteiger partial charge in [0, 0.05) is 24.4 Å². The van der Waals surface area contributed by atoms with Gasteiger partial charge in [-0.25, -0.2) is 4.98 Å². The molecule has 0 spiro atoms. The van der Waals surface area contributed by atoms with Crippen LogP contribution in [0, 0.1) is 0 Å². The second-order valence-electron chi connectivity index (χ2n) is 2.15. The molecule has 1 aromatic heterocycles. The minimum Gasteiger partial charge on any atom is -0.311 e. The Kier molecular flexibility index (Phi) is 5.01. The Bertz CT molecular complexity index is 194. The van der Waals surface area contributed by atoms with Crippen molar-refractivity contribution in [2.24, 2.45) is 0 Å². The molecule has 1 N–H and O–H groups in total. The second kappa shape index (κ2) is 4.93. The Morgan fingerprint density at radius 2 is 2.27 bits per heavy atom. The molecular weight excluding hydrogens is 203 g/mol. The molecule has 2 nitrogen and oxygen atoms in total. The lowest BCUT2D eigenvalue weighted by atomic mass is 10.2. The lowest BCUT2D eigenvalue weighted by Gasteiger charge is -2.09. The van der Waals surface area contributed by atoms with E-state index in [4.69, 9.17) is 0 Å². The molecule has 64 valence electrons. The lowest BCUT2D eigenvalue weighted by Crippen LogP contribution is -2.22. The van der Waals surface area contributed by atoms with Crippen molar-refractivity contribution >= 4 is 36.2 Å². The summed E-state index contributed by atoms with van der Waals surface area (Å²) < 4.78 is 0. The molecule has 0 saturated carbocycles. The molecule has 1 aliphatic heterocycles. The first kappa shape index (κ1) is 11.2. The quantitative estimate of drug-likeness (QED) is 0.708. The molecule has 5 heteroatoms. The van der Waals surface area contributed by atoms with Crippen molar-refractivity contribution in [3.05, 3.63) is 16.1 Å². The molecule has 0 aromatic carbocycles. The molecule has 0 bridgehead atoms. The van der Waals surface area contributed by atoms with Gasteiger partial charge in [-0.1, -0.05) is 0 Å². The first-order valence-electron chi connectivity index (χ1n) is 3.09. The zero-order valence-electron chi connectivity index (χ0n) is 5.87. The predicted octanol–water partition coefficient (Wildman–Crippen LogP) is 1.63. The molecule has 1 aromatic rings. The maximum atomic E-state index is 4.24. The number of aromatic nitrogens is 1. The van der Waals surface area contributed by atoms with E-state index in [2.05, 4.69) is 10.3 Å². The van der Waals surface area contributed by atoms with Crippen LogP contribution in [0.15, 0.2) is 5.51 Å². The van der Waals surface area contributed by atoms with Crippen LogP contribution >= 0.6 is 36.2 Å². The molecule has 0 fully saturated rings. The van der Waals surface area contributed by atoms with Gasteiger partial charge in [-0.05, 0) is 0 Å². The molecule has 0 atom stereocenters. The van der Waals surface area contributed by atoms with Crippen LogP contribution in [-0.2, 0) is 13.0 Å². The molecule has 0 saturated heterocycles. The number of fused-ring (bicyclic) bond motifs is 1. The summed E-state index contributed by atoms with van der Waals surface area (Å²) in [6.07, 6.45) is 1.11. The Morgan fingerprint density at radius 3 is 3.00 bits per heavy atom. The van der Waals surface area contributed by atoms with Crippen molar-refractivity contribution in [3.8, 4) is 0 Å². The van der Waals surface area contributed by atoms with Gasteiger partial charge in [0.15, 0.2) is 0 Å². The third-order valence-corrected chi connectivity index (χ3v) is 2.42. The zero-order chi connectivity index (χ0) is 6.10. The third-order valence-electron chi connectivity index (χ3n) is 1.55. The van der Waals surface area contributed by atoms with Gasteiger partial charge in [0.05, 0.1) is 11.2 Å². The van der Waals surface area contributed by atoms with E-state index in [1.807, 2.05) is 5.51 Å². The lowest BCUT2D eigenvalue weighted by molar-refractivity contribution is 0.644. The highest BCUT2D eigenvalue weighted by Gasteiger charge is 2.09. The average molecular weight is 213 g/mol. The van der Waals surface area contributed by atoms with Gasteiger partial charge in [0.2, 0.25) is 0 Å². The number of hydrogen-bond donors (Lipinski definition) is 1. The Labute approximate surface area is 82.2 Å². The van der Waals surface area contributed by atoms with Gasteiger partial charge in [0.25, 0.3) is 0 Å². The van der Waals surface area contributed by atoms with Crippen LogP contribution in [-0.4, -0.2) is 11.5 Å². The van der Waals surface area contributed by atoms with Crippen molar-refractivity contribution in [2.45, 2.75) is 13.0 Å². The van der Waals surface area contributed by atoms with E-state index in [1.165, 1.54) is 10.6 Å². The summed E-state index contributed by atoms with van der Waals surface area (Å²) in [6, 6.07) is 0. The van der Waals surface area contributed by atoms with E-state index >= 15 is 0 Å². The largest absolute Gasteiger partial charge is 0.311 e. The highest BCUT2D eigenvalue weighted by atomic mass is 35.5. The Balaban J connectivity index is 0.000000500. The Hall–Kier alpha value is 0.170. The van der Waals surface area contributed by atoms with Crippen LogP contribution in [0.3, 0.4) is 0 Å². The smallest absolute Gasteiger partial charge is 0.0798 e. The summed E-state index contributed by atoms with van der Waals surface area (Å²) in [5.74, 6) is 0. The zero-order valence-corrected chi connectivity index (χ0v) is 8.32. The van der Waals surface area contributed by atoms with Gasteiger partial charge in [-0.3, -0.25) is 0 Å². The topological polar surface area (TPSA) is 24.9 Å². The van der Waals surface area contributed by atoms with Gasteiger partial charge >= 0.3 is 0 Å². The van der Waals surface area contributed by atoms with Crippen molar-refractivity contribution in [3.63, 3.8) is 0 Å². The monoisotopic (exact) mass is 212 g/mol. The van der Waals surface area contributed by atoms with Gasteiger partial charge in [-0.15, -0.1) is 36.2 Å². The highest BCUT2D eigenvalue weighted by molar-refractivity contribution is 7.09. The number of rotatable bonds is 0. The van der Waals surface area contributed by atoms with E-state index in [9.17, 15) is 0 Å². The number of nitrogens with one attached hydrogen (secondary N) is 1. The molecule has 2 rings (SSSR count). The predicted molar refractivity (Wildman–Crippen MR) is 52.0 cm³/mol. The summed E-state index contributed by atoms with van der Waals surface area (Å²) in [6.45, 7) is 2.12. The van der Waals surface area contributed by atoms with Gasteiger partial charge in [-0.2, -0.15) is 0 Å². The third kappa shape index (κ3) is 2.30. The maximum Gasteiger partial charge on any atom is 0.0798 e. The van der Waals surface area contributed by atoms with Crippen molar-refractivity contribution in [1.82, 2.24) is 10.3 Å². The van der Waals surface area contributed by atoms with Crippen LogP contribution < -0.4 is 5.32 Å². The van der Waals surface area contributed by atoms with Crippen LogP contribution in [0.5, 0.6) is 0 Å². The van der Waals surface area contributed by atoms with Crippen LogP contribution in [0.4, 0.5) is 0 Å². The van der Waals surface area contributed by atoms with Crippen LogP contribution in [0.25, 0.3) is 0 Å². The van der Waals surface area contributed by atoms with E-state index in [-0.39, 0.29) is 24.8 Å². The molecule has 0 aliphatic carbocycles. The Morgan fingerprint density at radius 1 is 1.45 bits per heavy atom. The molecule has 0 amide bonds. The van der Waals surface area contributed by atoms with Gasteiger partial charge in [0.1, 0.15) is 0 Å². The van der Waals surface area contributed by atoms with Crippen molar-refractivity contribution < 1.29 is 0 Å². The summed E-state index contributed by atoms with van der Waals surface area (Å²) >= 11 is 1.75. The summed E-state index contributed by atoms with van der Waals surface area (Å²) in [7, 11) is 0. The maximum absolute atomic E-state index is 4.24. The second-order valence-corrected chi connectivity index (χ2v) is 3.09. The molecule has 1 aliphatic rings. The minimum absolute atomic E-state index is 0. The SMILES string of the molecule is Cl.Cl.c1nc2c(s1)CNCC2. The van der Waals surface area contributed by atoms with E-state index < -0.39 is 0 Å². The molecular formula is C6H10Cl2N2S. The normalized spacial score (nSPS) is 14.2. The minimum atomic E-state index is 0. The summed E-state index contributed by atoms with van der Waals surface area (Å²) in [5.41, 5.74) is 3.23. The fourth-order valence-electron chi connectivity index (χ4n) is 1.05. The number of hydrogen-bond acceptors (Lipinski definition) is 3. The first-order chi connectivity index (χ1) is 4.47. The molecule has 0 unspecified atom stereocenters. The molecule has 11 heavy (non-hydrogen) atoms. The van der Waals surface area contributed by atoms with Crippen molar-refractivity contribution in [1.29, 1.82) is 0 Å². The fourth-order valence-corrected chi connectivity index (χ4v) is 1.83. The van der Waals surface area contributed by atoms with Crippen molar-refractivity contribution in [2.75, 3.05) is 6.54 Å². The van der Waals surface area contributed by atoms with Crippen LogP contribution in [0.1, 0.15) is 10.6 Å². The van der Waals surface area contributed by atoms with Gasteiger partial charge < -0.3 is 5.32 Å². The van der Waals surface area contributed by atoms with E-state index in [0.29, 0.717) is 0 Å². The van der Waals surface area contributed by atoms with E-state index in [1.54, 1.807) is 11.3 Å². The first-order valence-corrected chi connectivity index (χ1v) is 3.97. The summed E-state index contributed by atoms with van der Waals surface area (Å²) in [5, 5.41) is 3.30. The number of halogens is 2. The number of nitrogens with zero attached hydrogens (tertiary/aromatic N) is 1. The average Bonchev–Trinajstić information content (AvgIpc) is 2.33. The summed E-state index contributed by atoms with van der Waals surface area (Å²) in [4.78, 5) is 5.65. The molecule has 2 heterocycles. The van der Waals surface area contributed by atoms with Crippen LogP contribution in [0.2, 0.25) is 0 Å².